The van der Waals surface area contributed by atoms with Crippen molar-refractivity contribution in [2.45, 2.75) is 38.1 Å². The minimum absolute atomic E-state index is 0.596. The highest BCUT2D eigenvalue weighted by Crippen LogP contribution is 2.27. The van der Waals surface area contributed by atoms with Crippen molar-refractivity contribution in [3.05, 3.63) is 5.89 Å². The van der Waals surface area contributed by atoms with Gasteiger partial charge in [0, 0.05) is 26.6 Å². The quantitative estimate of drug-likeness (QED) is 0.860. The zero-order chi connectivity index (χ0) is 12.3. The first kappa shape index (κ1) is 12.4. The molecule has 2 rings (SSSR count). The number of nitrogens with zero attached hydrogens (tertiary/aromatic N) is 3. The zero-order valence-electron chi connectivity index (χ0n) is 10.9. The Balaban J connectivity index is 1.98. The summed E-state index contributed by atoms with van der Waals surface area (Å²) in [6.07, 6.45) is 6.06. The lowest BCUT2D eigenvalue weighted by Crippen LogP contribution is -2.37. The maximum absolute atomic E-state index is 5.29. The molecule has 5 nitrogen and oxygen atoms in total. The lowest BCUT2D eigenvalue weighted by Gasteiger charge is -2.30. The highest BCUT2D eigenvalue weighted by Gasteiger charge is 2.25. The van der Waals surface area contributed by atoms with Gasteiger partial charge >= 0.3 is 0 Å². The lowest BCUT2D eigenvalue weighted by atomic mass is 9.82. The standard InChI is InChI=1S/C12H22N4O/c1-13-10-7-5-4-6-9(10)8-11-14-12(15-17-11)16(2)3/h9-10,13H,4-8H2,1-3H3. The van der Waals surface area contributed by atoms with Gasteiger partial charge in [-0.25, -0.2) is 0 Å². The van der Waals surface area contributed by atoms with Crippen molar-refractivity contribution in [2.24, 2.45) is 5.92 Å². The van der Waals surface area contributed by atoms with Crippen LogP contribution in [0.1, 0.15) is 31.6 Å². The average Bonchev–Trinajstić information content (AvgIpc) is 2.78. The van der Waals surface area contributed by atoms with Crippen LogP contribution in [0.2, 0.25) is 0 Å². The molecular formula is C12H22N4O. The molecule has 0 aromatic carbocycles. The van der Waals surface area contributed by atoms with Crippen LogP contribution in [0.4, 0.5) is 5.95 Å². The summed E-state index contributed by atoms with van der Waals surface area (Å²) >= 11 is 0. The van der Waals surface area contributed by atoms with E-state index in [9.17, 15) is 0 Å². The van der Waals surface area contributed by atoms with Crippen molar-refractivity contribution in [2.75, 3.05) is 26.0 Å². The van der Waals surface area contributed by atoms with Crippen molar-refractivity contribution >= 4 is 5.95 Å². The molecule has 17 heavy (non-hydrogen) atoms. The topological polar surface area (TPSA) is 54.2 Å². The second kappa shape index (κ2) is 5.49. The Hall–Kier alpha value is -1.10. The van der Waals surface area contributed by atoms with Crippen LogP contribution in [-0.4, -0.2) is 37.3 Å². The summed E-state index contributed by atoms with van der Waals surface area (Å²) in [5, 5.41) is 7.35. The van der Waals surface area contributed by atoms with E-state index in [1.165, 1.54) is 25.7 Å². The zero-order valence-corrected chi connectivity index (χ0v) is 10.9. The van der Waals surface area contributed by atoms with Crippen LogP contribution in [0.15, 0.2) is 4.52 Å². The van der Waals surface area contributed by atoms with Gasteiger partial charge in [0.05, 0.1) is 0 Å². The van der Waals surface area contributed by atoms with Gasteiger partial charge in [-0.1, -0.05) is 12.8 Å². The summed E-state index contributed by atoms with van der Waals surface area (Å²) in [5.41, 5.74) is 0. The fourth-order valence-corrected chi connectivity index (χ4v) is 2.57. The first-order valence-electron chi connectivity index (χ1n) is 6.38. The maximum atomic E-state index is 5.29. The molecule has 1 aliphatic rings. The molecule has 2 unspecified atom stereocenters. The molecule has 96 valence electrons. The molecule has 0 saturated heterocycles. The minimum Gasteiger partial charge on any atom is -0.344 e. The largest absolute Gasteiger partial charge is 0.344 e. The summed E-state index contributed by atoms with van der Waals surface area (Å²) in [7, 11) is 5.89. The van der Waals surface area contributed by atoms with E-state index in [4.69, 9.17) is 4.52 Å². The molecule has 1 aromatic heterocycles. The van der Waals surface area contributed by atoms with Gasteiger partial charge < -0.3 is 14.7 Å². The molecule has 5 heteroatoms. The number of aromatic nitrogens is 2. The average molecular weight is 238 g/mol. The number of anilines is 1. The molecule has 1 aliphatic carbocycles. The predicted molar refractivity (Wildman–Crippen MR) is 67.1 cm³/mol. The molecule has 0 spiro atoms. The Morgan fingerprint density at radius 2 is 2.12 bits per heavy atom. The minimum atomic E-state index is 0.596. The Morgan fingerprint density at radius 3 is 2.76 bits per heavy atom. The van der Waals surface area contributed by atoms with Crippen molar-refractivity contribution in [1.82, 2.24) is 15.5 Å². The summed E-state index contributed by atoms with van der Waals surface area (Å²) < 4.78 is 5.29. The van der Waals surface area contributed by atoms with E-state index in [0.29, 0.717) is 17.9 Å². The Bertz CT molecular complexity index is 350. The molecule has 2 atom stereocenters. The van der Waals surface area contributed by atoms with Gasteiger partial charge in [-0.2, -0.15) is 4.98 Å². The monoisotopic (exact) mass is 238 g/mol. The first-order valence-corrected chi connectivity index (χ1v) is 6.38. The highest BCUT2D eigenvalue weighted by atomic mass is 16.5. The third-order valence-corrected chi connectivity index (χ3v) is 3.57. The number of rotatable bonds is 4. The van der Waals surface area contributed by atoms with Crippen molar-refractivity contribution < 1.29 is 4.52 Å². The predicted octanol–water partition coefficient (Wildman–Crippen LogP) is 1.46. The van der Waals surface area contributed by atoms with Gasteiger partial charge in [0.1, 0.15) is 0 Å². The van der Waals surface area contributed by atoms with Crippen LogP contribution in [0.3, 0.4) is 0 Å². The summed E-state index contributed by atoms with van der Waals surface area (Å²) in [5.74, 6) is 2.06. The van der Waals surface area contributed by atoms with E-state index >= 15 is 0 Å². The van der Waals surface area contributed by atoms with E-state index in [0.717, 1.165) is 12.3 Å². The number of hydrogen-bond acceptors (Lipinski definition) is 5. The van der Waals surface area contributed by atoms with E-state index in [-0.39, 0.29) is 0 Å². The highest BCUT2D eigenvalue weighted by molar-refractivity contribution is 5.23. The molecule has 1 aromatic rings. The number of hydrogen-bond donors (Lipinski definition) is 1. The second-order valence-electron chi connectivity index (χ2n) is 5.03. The molecule has 1 N–H and O–H groups in total. The molecule has 0 amide bonds. The molecular weight excluding hydrogens is 216 g/mol. The van der Waals surface area contributed by atoms with Gasteiger partial charge in [-0.3, -0.25) is 0 Å². The smallest absolute Gasteiger partial charge is 0.265 e. The van der Waals surface area contributed by atoms with Crippen molar-refractivity contribution in [3.63, 3.8) is 0 Å². The van der Waals surface area contributed by atoms with E-state index in [1.54, 1.807) is 0 Å². The van der Waals surface area contributed by atoms with Crippen molar-refractivity contribution in [3.8, 4) is 0 Å². The van der Waals surface area contributed by atoms with Gasteiger partial charge in [0.2, 0.25) is 5.89 Å². The lowest BCUT2D eigenvalue weighted by molar-refractivity contribution is 0.248. The Kier molecular flexibility index (Phi) is 3.99. The molecule has 1 saturated carbocycles. The Labute approximate surface area is 103 Å². The SMILES string of the molecule is CNC1CCCCC1Cc1nc(N(C)C)no1. The number of nitrogens with one attached hydrogen (secondary N) is 1. The van der Waals surface area contributed by atoms with Gasteiger partial charge in [-0.15, -0.1) is 0 Å². The van der Waals surface area contributed by atoms with Gasteiger partial charge in [0.15, 0.2) is 0 Å². The summed E-state index contributed by atoms with van der Waals surface area (Å²) in [6, 6.07) is 0.596. The fourth-order valence-electron chi connectivity index (χ4n) is 2.57. The van der Waals surface area contributed by atoms with Crippen LogP contribution in [0.25, 0.3) is 0 Å². The summed E-state index contributed by atoms with van der Waals surface area (Å²) in [6.45, 7) is 0. The van der Waals surface area contributed by atoms with Crippen molar-refractivity contribution in [1.29, 1.82) is 0 Å². The Morgan fingerprint density at radius 1 is 1.35 bits per heavy atom. The van der Waals surface area contributed by atoms with E-state index in [1.807, 2.05) is 26.0 Å². The fraction of sp³-hybridized carbons (Fsp3) is 0.833. The second-order valence-corrected chi connectivity index (χ2v) is 5.03. The normalized spacial score (nSPS) is 24.9. The van der Waals surface area contributed by atoms with Crippen LogP contribution in [0.5, 0.6) is 0 Å². The van der Waals surface area contributed by atoms with E-state index < -0.39 is 0 Å². The van der Waals surface area contributed by atoms with E-state index in [2.05, 4.69) is 15.5 Å². The third kappa shape index (κ3) is 2.97. The van der Waals surface area contributed by atoms with Gasteiger partial charge in [0.25, 0.3) is 5.95 Å². The van der Waals surface area contributed by atoms with Crippen LogP contribution >= 0.6 is 0 Å². The van der Waals surface area contributed by atoms with Crippen LogP contribution in [-0.2, 0) is 6.42 Å². The summed E-state index contributed by atoms with van der Waals surface area (Å²) in [4.78, 5) is 6.26. The molecule has 0 aliphatic heterocycles. The molecule has 1 heterocycles. The van der Waals surface area contributed by atoms with Gasteiger partial charge in [-0.05, 0) is 31.0 Å². The molecule has 0 radical (unpaired) electrons. The molecule has 0 bridgehead atoms. The maximum Gasteiger partial charge on any atom is 0.265 e. The third-order valence-electron chi connectivity index (χ3n) is 3.57. The molecule has 1 fully saturated rings. The van der Waals surface area contributed by atoms with Crippen LogP contribution in [0, 0.1) is 5.92 Å². The first-order chi connectivity index (χ1) is 8.20. The van der Waals surface area contributed by atoms with Crippen LogP contribution < -0.4 is 10.2 Å².